The van der Waals surface area contributed by atoms with Crippen LogP contribution in [0.15, 0.2) is 12.1 Å². The Bertz CT molecular complexity index is 318. The number of rotatable bonds is 0. The zero-order chi connectivity index (χ0) is 8.72. The molecule has 0 aliphatic carbocycles. The summed E-state index contributed by atoms with van der Waals surface area (Å²) >= 11 is 0. The first-order valence-corrected chi connectivity index (χ1v) is 4.13. The summed E-state index contributed by atoms with van der Waals surface area (Å²) < 4.78 is 5.40. The lowest BCUT2D eigenvalue weighted by molar-refractivity contribution is 0.0790. The van der Waals surface area contributed by atoms with Crippen molar-refractivity contribution in [1.82, 2.24) is 0 Å². The van der Waals surface area contributed by atoms with Crippen molar-refractivity contribution in [3.8, 4) is 5.75 Å². The fraction of sp³-hybridized carbons (Fsp3) is 0.400. The SMILES string of the molecule is Cc1ccc2c(c1O)CO[C@@H]2C. The standard InChI is InChI=1S/C10H12O2/c1-6-3-4-8-7(2)12-5-9(8)10(6)11/h3-4,7,11H,5H2,1-2H3/t7-/m1/s1. The summed E-state index contributed by atoms with van der Waals surface area (Å²) in [7, 11) is 0. The van der Waals surface area contributed by atoms with Crippen LogP contribution in [0.25, 0.3) is 0 Å². The van der Waals surface area contributed by atoms with Gasteiger partial charge in [-0.3, -0.25) is 0 Å². The Labute approximate surface area is 71.8 Å². The molecule has 12 heavy (non-hydrogen) atoms. The third-order valence-corrected chi connectivity index (χ3v) is 2.44. The molecule has 0 unspecified atom stereocenters. The maximum absolute atomic E-state index is 9.66. The van der Waals surface area contributed by atoms with Gasteiger partial charge in [0.2, 0.25) is 0 Å². The molecule has 1 aliphatic rings. The first kappa shape index (κ1) is 7.62. The molecule has 1 N–H and O–H groups in total. The van der Waals surface area contributed by atoms with Crippen molar-refractivity contribution in [1.29, 1.82) is 0 Å². The quantitative estimate of drug-likeness (QED) is 0.637. The largest absolute Gasteiger partial charge is 0.507 e. The minimum absolute atomic E-state index is 0.131. The Hall–Kier alpha value is -1.02. The number of hydrogen-bond donors (Lipinski definition) is 1. The van der Waals surface area contributed by atoms with E-state index < -0.39 is 0 Å². The summed E-state index contributed by atoms with van der Waals surface area (Å²) in [5.74, 6) is 0.400. The molecule has 0 aromatic heterocycles. The fourth-order valence-electron chi connectivity index (χ4n) is 1.60. The van der Waals surface area contributed by atoms with E-state index in [-0.39, 0.29) is 6.10 Å². The maximum atomic E-state index is 9.66. The summed E-state index contributed by atoms with van der Waals surface area (Å²) in [6.07, 6.45) is 0.131. The molecular formula is C10H12O2. The van der Waals surface area contributed by atoms with Gasteiger partial charge in [0.05, 0.1) is 12.7 Å². The van der Waals surface area contributed by atoms with Gasteiger partial charge >= 0.3 is 0 Å². The van der Waals surface area contributed by atoms with E-state index in [1.165, 1.54) is 0 Å². The molecule has 64 valence electrons. The first-order chi connectivity index (χ1) is 5.70. The van der Waals surface area contributed by atoms with Crippen LogP contribution in [0.2, 0.25) is 0 Å². The number of hydrogen-bond acceptors (Lipinski definition) is 2. The van der Waals surface area contributed by atoms with Gasteiger partial charge < -0.3 is 9.84 Å². The van der Waals surface area contributed by atoms with Gasteiger partial charge in [0.15, 0.2) is 0 Å². The van der Waals surface area contributed by atoms with Crippen LogP contribution in [-0.4, -0.2) is 5.11 Å². The molecule has 2 nitrogen and oxygen atoms in total. The molecule has 0 fully saturated rings. The van der Waals surface area contributed by atoms with Gasteiger partial charge in [0, 0.05) is 5.56 Å². The van der Waals surface area contributed by atoms with E-state index in [0.29, 0.717) is 12.4 Å². The summed E-state index contributed by atoms with van der Waals surface area (Å²) in [6.45, 7) is 4.45. The summed E-state index contributed by atoms with van der Waals surface area (Å²) in [4.78, 5) is 0. The molecule has 2 heteroatoms. The van der Waals surface area contributed by atoms with Crippen LogP contribution in [0.3, 0.4) is 0 Å². The lowest BCUT2D eigenvalue weighted by Crippen LogP contribution is -1.88. The molecule has 1 heterocycles. The first-order valence-electron chi connectivity index (χ1n) is 4.13. The Morgan fingerprint density at radius 2 is 2.25 bits per heavy atom. The van der Waals surface area contributed by atoms with Gasteiger partial charge in [-0.05, 0) is 25.0 Å². The lowest BCUT2D eigenvalue weighted by Gasteiger charge is -2.05. The highest BCUT2D eigenvalue weighted by Crippen LogP contribution is 2.37. The Morgan fingerprint density at radius 1 is 1.50 bits per heavy atom. The predicted octanol–water partition coefficient (Wildman–Crippen LogP) is 2.29. The van der Waals surface area contributed by atoms with Crippen LogP contribution < -0.4 is 0 Å². The number of phenolic OH excluding ortho intramolecular Hbond substituents is 1. The second kappa shape index (κ2) is 2.49. The number of benzene rings is 1. The summed E-state index contributed by atoms with van der Waals surface area (Å²) in [5.41, 5.74) is 3.01. The van der Waals surface area contributed by atoms with Gasteiger partial charge in [0.25, 0.3) is 0 Å². The Morgan fingerprint density at radius 3 is 3.00 bits per heavy atom. The van der Waals surface area contributed by atoms with Gasteiger partial charge in [0.1, 0.15) is 5.75 Å². The van der Waals surface area contributed by atoms with E-state index in [0.717, 1.165) is 16.7 Å². The second-order valence-corrected chi connectivity index (χ2v) is 3.25. The Kier molecular flexibility index (Phi) is 1.58. The molecule has 2 rings (SSSR count). The lowest BCUT2D eigenvalue weighted by atomic mass is 10.0. The molecule has 1 aliphatic heterocycles. The fourth-order valence-corrected chi connectivity index (χ4v) is 1.60. The van der Waals surface area contributed by atoms with Crippen LogP contribution in [0.4, 0.5) is 0 Å². The van der Waals surface area contributed by atoms with E-state index in [1.807, 2.05) is 26.0 Å². The molecule has 0 amide bonds. The van der Waals surface area contributed by atoms with Crippen molar-refractivity contribution in [2.24, 2.45) is 0 Å². The van der Waals surface area contributed by atoms with Crippen LogP contribution >= 0.6 is 0 Å². The average molecular weight is 164 g/mol. The third kappa shape index (κ3) is 0.916. The highest BCUT2D eigenvalue weighted by Gasteiger charge is 2.22. The minimum atomic E-state index is 0.131. The zero-order valence-electron chi connectivity index (χ0n) is 7.29. The van der Waals surface area contributed by atoms with Gasteiger partial charge in [-0.2, -0.15) is 0 Å². The van der Waals surface area contributed by atoms with E-state index in [9.17, 15) is 5.11 Å². The van der Waals surface area contributed by atoms with Crippen molar-refractivity contribution >= 4 is 0 Å². The third-order valence-electron chi connectivity index (χ3n) is 2.44. The summed E-state index contributed by atoms with van der Waals surface area (Å²) in [6, 6.07) is 3.96. The molecule has 1 atom stereocenters. The topological polar surface area (TPSA) is 29.5 Å². The molecule has 1 aromatic rings. The highest BCUT2D eigenvalue weighted by atomic mass is 16.5. The van der Waals surface area contributed by atoms with Crippen LogP contribution in [-0.2, 0) is 11.3 Å². The maximum Gasteiger partial charge on any atom is 0.124 e. The Balaban J connectivity index is 2.60. The monoisotopic (exact) mass is 164 g/mol. The smallest absolute Gasteiger partial charge is 0.124 e. The van der Waals surface area contributed by atoms with Crippen molar-refractivity contribution in [2.75, 3.05) is 0 Å². The van der Waals surface area contributed by atoms with Crippen molar-refractivity contribution < 1.29 is 9.84 Å². The molecule has 0 saturated heterocycles. The number of ether oxygens (including phenoxy) is 1. The number of phenols is 1. The van der Waals surface area contributed by atoms with Gasteiger partial charge in [-0.15, -0.1) is 0 Å². The number of fused-ring (bicyclic) bond motifs is 1. The summed E-state index contributed by atoms with van der Waals surface area (Å²) in [5, 5.41) is 9.66. The molecule has 0 saturated carbocycles. The van der Waals surface area contributed by atoms with Crippen molar-refractivity contribution in [3.05, 3.63) is 28.8 Å². The van der Waals surface area contributed by atoms with Crippen LogP contribution in [0.5, 0.6) is 5.75 Å². The average Bonchev–Trinajstić information content (AvgIpc) is 2.41. The zero-order valence-corrected chi connectivity index (χ0v) is 7.29. The molecule has 0 bridgehead atoms. The van der Waals surface area contributed by atoms with Crippen LogP contribution in [0.1, 0.15) is 29.7 Å². The molecule has 1 aromatic carbocycles. The number of aryl methyl sites for hydroxylation is 1. The van der Waals surface area contributed by atoms with E-state index in [2.05, 4.69) is 0 Å². The highest BCUT2D eigenvalue weighted by molar-refractivity contribution is 5.46. The predicted molar refractivity (Wildman–Crippen MR) is 46.0 cm³/mol. The van der Waals surface area contributed by atoms with Crippen molar-refractivity contribution in [2.45, 2.75) is 26.6 Å². The second-order valence-electron chi connectivity index (χ2n) is 3.25. The molecule has 0 spiro atoms. The normalized spacial score (nSPS) is 21.0. The molecular weight excluding hydrogens is 152 g/mol. The van der Waals surface area contributed by atoms with E-state index in [1.54, 1.807) is 0 Å². The number of aromatic hydroxyl groups is 1. The van der Waals surface area contributed by atoms with Gasteiger partial charge in [-0.1, -0.05) is 12.1 Å². The molecule has 0 radical (unpaired) electrons. The van der Waals surface area contributed by atoms with Crippen LogP contribution in [0, 0.1) is 6.92 Å². The minimum Gasteiger partial charge on any atom is -0.507 e. The van der Waals surface area contributed by atoms with Crippen molar-refractivity contribution in [3.63, 3.8) is 0 Å². The van der Waals surface area contributed by atoms with E-state index >= 15 is 0 Å². The van der Waals surface area contributed by atoms with E-state index in [4.69, 9.17) is 4.74 Å². The van der Waals surface area contributed by atoms with Gasteiger partial charge in [-0.25, -0.2) is 0 Å².